The van der Waals surface area contributed by atoms with E-state index in [0.717, 1.165) is 18.4 Å². The van der Waals surface area contributed by atoms with Crippen LogP contribution in [0.1, 0.15) is 58.4 Å². The normalized spacial score (nSPS) is 20.9. The molecule has 0 aromatic heterocycles. The van der Waals surface area contributed by atoms with Crippen LogP contribution in [0.15, 0.2) is 53.4 Å². The first-order chi connectivity index (χ1) is 24.4. The monoisotopic (exact) mass is 733 g/mol. The maximum absolute atomic E-state index is 14.5. The number of fused-ring (bicyclic) bond motifs is 2. The predicted octanol–water partition coefficient (Wildman–Crippen LogP) is 4.45. The molecule has 2 amide bonds. The average molecular weight is 734 g/mol. The van der Waals surface area contributed by atoms with Gasteiger partial charge in [0.2, 0.25) is 16.8 Å². The standard InChI is InChI=1S/C36H51N3O11S/c1-4-5-17-47-34(41)37-16-9-15-36(2,3)23-38(51(44,45)26-12-13-31-32(20-26)50-24-49-31)21-30(40)28(19-25-10-7-6-8-11-25)39(35(42)43)29-22-48-33-27(29)14-18-46-33/h6-8,10-13,20,27-30,33,40H,4-5,9,14-19,21-24H2,1-3H3,(H,37,41)(H,42,43)/t27-,28-,29-,30+,33+/m0/s1. The lowest BCUT2D eigenvalue weighted by molar-refractivity contribution is -0.0906. The van der Waals surface area contributed by atoms with E-state index in [1.165, 1.54) is 27.4 Å². The van der Waals surface area contributed by atoms with Crippen molar-refractivity contribution >= 4 is 22.2 Å². The number of amides is 2. The van der Waals surface area contributed by atoms with Gasteiger partial charge in [0.25, 0.3) is 0 Å². The molecule has 2 aromatic rings. The fraction of sp³-hybridized carbons (Fsp3) is 0.611. The zero-order chi connectivity index (χ0) is 36.6. The number of carbonyl (C=O) groups excluding carboxylic acids is 1. The van der Waals surface area contributed by atoms with E-state index in [1.807, 2.05) is 51.1 Å². The Morgan fingerprint density at radius 3 is 2.59 bits per heavy atom. The number of carbonyl (C=O) groups is 2. The van der Waals surface area contributed by atoms with E-state index in [0.29, 0.717) is 50.5 Å². The lowest BCUT2D eigenvalue weighted by Gasteiger charge is -2.40. The van der Waals surface area contributed by atoms with Gasteiger partial charge in [0.15, 0.2) is 17.8 Å². The molecule has 51 heavy (non-hydrogen) atoms. The van der Waals surface area contributed by atoms with Crippen LogP contribution in [0.2, 0.25) is 0 Å². The molecule has 0 unspecified atom stereocenters. The first-order valence-electron chi connectivity index (χ1n) is 17.7. The largest absolute Gasteiger partial charge is 0.465 e. The second kappa shape index (κ2) is 17.3. The van der Waals surface area contributed by atoms with Gasteiger partial charge in [-0.25, -0.2) is 18.0 Å². The Hall–Kier alpha value is -3.63. The van der Waals surface area contributed by atoms with E-state index in [4.69, 9.17) is 23.7 Å². The van der Waals surface area contributed by atoms with Gasteiger partial charge in [-0.15, -0.1) is 0 Å². The summed E-state index contributed by atoms with van der Waals surface area (Å²) in [7, 11) is -4.26. The molecule has 2 saturated heterocycles. The number of benzene rings is 2. The highest BCUT2D eigenvalue weighted by Crippen LogP contribution is 2.38. The minimum atomic E-state index is -4.26. The number of aliphatic hydroxyl groups is 1. The molecule has 2 aromatic carbocycles. The highest BCUT2D eigenvalue weighted by molar-refractivity contribution is 7.89. The molecule has 3 aliphatic rings. The Kier molecular flexibility index (Phi) is 13.1. The number of nitrogens with one attached hydrogen (secondary N) is 1. The maximum atomic E-state index is 14.5. The summed E-state index contributed by atoms with van der Waals surface area (Å²) in [6.07, 6.45) is -0.163. The van der Waals surface area contributed by atoms with Gasteiger partial charge in [-0.3, -0.25) is 4.90 Å². The van der Waals surface area contributed by atoms with Crippen molar-refractivity contribution in [2.45, 2.75) is 88.7 Å². The molecule has 5 rings (SSSR count). The molecule has 14 nitrogen and oxygen atoms in total. The zero-order valence-corrected chi connectivity index (χ0v) is 30.4. The molecule has 0 spiro atoms. The molecule has 5 atom stereocenters. The van der Waals surface area contributed by atoms with E-state index in [9.17, 15) is 28.2 Å². The van der Waals surface area contributed by atoms with E-state index >= 15 is 0 Å². The topological polar surface area (TPSA) is 173 Å². The Bertz CT molecular complexity index is 1580. The third kappa shape index (κ3) is 9.83. The second-order valence-corrected chi connectivity index (χ2v) is 16.0. The van der Waals surface area contributed by atoms with Gasteiger partial charge in [0, 0.05) is 31.6 Å². The number of sulfonamides is 1. The van der Waals surface area contributed by atoms with Crippen LogP contribution in [0.25, 0.3) is 0 Å². The summed E-state index contributed by atoms with van der Waals surface area (Å²) in [6.45, 7) is 6.66. The van der Waals surface area contributed by atoms with Gasteiger partial charge >= 0.3 is 12.2 Å². The summed E-state index contributed by atoms with van der Waals surface area (Å²) in [4.78, 5) is 26.3. The van der Waals surface area contributed by atoms with Crippen LogP contribution in [0.3, 0.4) is 0 Å². The number of carboxylic acid groups (broad SMARTS) is 1. The average Bonchev–Trinajstić information content (AvgIpc) is 3.85. The molecule has 0 bridgehead atoms. The Labute approximate surface area is 300 Å². The quantitative estimate of drug-likeness (QED) is 0.185. The van der Waals surface area contributed by atoms with Crippen LogP contribution in [0, 0.1) is 11.3 Å². The van der Waals surface area contributed by atoms with Crippen LogP contribution in [-0.4, -0.2) is 111 Å². The molecule has 0 saturated carbocycles. The van der Waals surface area contributed by atoms with Crippen molar-refractivity contribution in [3.8, 4) is 11.5 Å². The van der Waals surface area contributed by atoms with E-state index in [-0.39, 0.29) is 43.7 Å². The van der Waals surface area contributed by atoms with E-state index in [2.05, 4.69) is 5.32 Å². The van der Waals surface area contributed by atoms with Gasteiger partial charge < -0.3 is 39.2 Å². The SMILES string of the molecule is CCCCOC(=O)NCCCC(C)(C)CN(C[C@@H](O)[C@H](Cc1ccccc1)N(C(=O)O)[C@H]1CO[C@H]2OCC[C@H]21)S(=O)(=O)c1ccc2c(c1)OCO2. The summed E-state index contributed by atoms with van der Waals surface area (Å²) in [5.74, 6) is 0.507. The number of alkyl carbamates (subject to hydrolysis) is 1. The van der Waals surface area contributed by atoms with Gasteiger partial charge in [0.1, 0.15) is 0 Å². The van der Waals surface area contributed by atoms with Crippen molar-refractivity contribution in [3.63, 3.8) is 0 Å². The predicted molar refractivity (Wildman–Crippen MR) is 186 cm³/mol. The van der Waals surface area contributed by atoms with Crippen LogP contribution < -0.4 is 14.8 Å². The highest BCUT2D eigenvalue weighted by atomic mass is 32.2. The summed E-state index contributed by atoms with van der Waals surface area (Å²) < 4.78 is 57.7. The van der Waals surface area contributed by atoms with Crippen LogP contribution in [0.4, 0.5) is 9.59 Å². The molecular formula is C36H51N3O11S. The van der Waals surface area contributed by atoms with Gasteiger partial charge in [-0.1, -0.05) is 57.5 Å². The van der Waals surface area contributed by atoms with Gasteiger partial charge in [-0.05, 0) is 55.2 Å². The lowest BCUT2D eigenvalue weighted by atomic mass is 9.87. The number of aliphatic hydroxyl groups excluding tert-OH is 1. The first kappa shape index (κ1) is 38.6. The third-order valence-corrected chi connectivity index (χ3v) is 11.5. The molecule has 282 valence electrons. The smallest absolute Gasteiger partial charge is 0.407 e. The summed E-state index contributed by atoms with van der Waals surface area (Å²) >= 11 is 0. The molecule has 2 fully saturated rings. The number of nitrogens with zero attached hydrogens (tertiary/aromatic N) is 2. The fourth-order valence-corrected chi connectivity index (χ4v) is 8.64. The molecule has 0 aliphatic carbocycles. The van der Waals surface area contributed by atoms with E-state index in [1.54, 1.807) is 0 Å². The number of rotatable bonds is 18. The van der Waals surface area contributed by atoms with Crippen molar-refractivity contribution < 1.29 is 51.9 Å². The number of ether oxygens (including phenoxy) is 5. The van der Waals surface area contributed by atoms with Crippen LogP contribution >= 0.6 is 0 Å². The Morgan fingerprint density at radius 1 is 1.08 bits per heavy atom. The van der Waals surface area contributed by atoms with Gasteiger partial charge in [0.05, 0.1) is 42.9 Å². The van der Waals surface area contributed by atoms with E-state index < -0.39 is 52.1 Å². The minimum absolute atomic E-state index is 0.00200. The molecule has 3 N–H and O–H groups in total. The third-order valence-electron chi connectivity index (χ3n) is 9.68. The van der Waals surface area contributed by atoms with Crippen molar-refractivity contribution in [3.05, 3.63) is 54.1 Å². The van der Waals surface area contributed by atoms with Crippen LogP contribution in [-0.2, 0) is 30.7 Å². The molecule has 0 radical (unpaired) electrons. The first-order valence-corrected chi connectivity index (χ1v) is 19.1. The van der Waals surface area contributed by atoms with Crippen molar-refractivity contribution in [1.82, 2.24) is 14.5 Å². The second-order valence-electron chi connectivity index (χ2n) is 14.1. The van der Waals surface area contributed by atoms with Crippen molar-refractivity contribution in [1.29, 1.82) is 0 Å². The maximum Gasteiger partial charge on any atom is 0.407 e. The summed E-state index contributed by atoms with van der Waals surface area (Å²) in [5.41, 5.74) is 0.170. The molecule has 15 heteroatoms. The fourth-order valence-electron chi connectivity index (χ4n) is 6.97. The summed E-state index contributed by atoms with van der Waals surface area (Å²) in [6, 6.07) is 12.0. The summed E-state index contributed by atoms with van der Waals surface area (Å²) in [5, 5.41) is 25.5. The lowest BCUT2D eigenvalue weighted by Crippen LogP contribution is -2.58. The van der Waals surface area contributed by atoms with Crippen molar-refractivity contribution in [2.75, 3.05) is 46.2 Å². The number of hydrogen-bond acceptors (Lipinski definition) is 10. The molecule has 3 aliphatic heterocycles. The molecular weight excluding hydrogens is 682 g/mol. The minimum Gasteiger partial charge on any atom is -0.465 e. The zero-order valence-electron chi connectivity index (χ0n) is 29.6. The Balaban J connectivity index is 1.40. The Morgan fingerprint density at radius 2 is 1.84 bits per heavy atom. The molecule has 3 heterocycles. The van der Waals surface area contributed by atoms with Crippen LogP contribution in [0.5, 0.6) is 11.5 Å². The highest BCUT2D eigenvalue weighted by Gasteiger charge is 2.49. The van der Waals surface area contributed by atoms with Crippen molar-refractivity contribution in [2.24, 2.45) is 11.3 Å². The van der Waals surface area contributed by atoms with Gasteiger partial charge in [-0.2, -0.15) is 4.31 Å². The number of unbranched alkanes of at least 4 members (excludes halogenated alkanes) is 1. The number of hydrogen-bond donors (Lipinski definition) is 3.